The van der Waals surface area contributed by atoms with Crippen molar-refractivity contribution in [2.75, 3.05) is 23.4 Å². The molecule has 27 heavy (non-hydrogen) atoms. The molecule has 2 aromatic carbocycles. The molecule has 0 aliphatic carbocycles. The molecule has 0 aromatic heterocycles. The summed E-state index contributed by atoms with van der Waals surface area (Å²) in [4.78, 5) is 35.3. The van der Waals surface area contributed by atoms with E-state index < -0.39 is 5.97 Å². The third kappa shape index (κ3) is 5.37. The smallest absolute Gasteiger partial charge is 0.338 e. The minimum absolute atomic E-state index is 0.181. The summed E-state index contributed by atoms with van der Waals surface area (Å²) < 4.78 is 5.56. The average molecular weight is 402 g/mol. The zero-order valence-electron chi connectivity index (χ0n) is 14.8. The van der Waals surface area contributed by atoms with E-state index in [4.69, 9.17) is 4.74 Å². The maximum atomic E-state index is 12.2. The largest absolute Gasteiger partial charge is 0.454 e. The van der Waals surface area contributed by atoms with Crippen LogP contribution >= 0.6 is 23.5 Å². The molecule has 0 spiro atoms. The predicted molar refractivity (Wildman–Crippen MR) is 109 cm³/mol. The summed E-state index contributed by atoms with van der Waals surface area (Å²) in [5.41, 5.74) is 2.65. The Morgan fingerprint density at radius 1 is 0.963 bits per heavy atom. The van der Waals surface area contributed by atoms with E-state index in [0.29, 0.717) is 21.4 Å². The van der Waals surface area contributed by atoms with Crippen molar-refractivity contribution in [1.29, 1.82) is 0 Å². The molecule has 1 amide bonds. The van der Waals surface area contributed by atoms with E-state index in [1.807, 2.05) is 35.7 Å². The van der Waals surface area contributed by atoms with Gasteiger partial charge in [-0.05, 0) is 42.0 Å². The summed E-state index contributed by atoms with van der Waals surface area (Å²) >= 11 is 3.81. The standard InChI is InChI=1S/C20H19NO4S2/c1-13(22)21-17-8-6-14(7-9-17)18(23)12-25-19(24)15-2-4-16(5-3-15)20-26-10-11-27-20/h2-9,20H,10-12H2,1H3,(H,21,22). The molecule has 3 rings (SSSR count). The zero-order valence-corrected chi connectivity index (χ0v) is 16.4. The van der Waals surface area contributed by atoms with Crippen molar-refractivity contribution in [1.82, 2.24) is 0 Å². The lowest BCUT2D eigenvalue weighted by Gasteiger charge is -2.09. The number of hydrogen-bond acceptors (Lipinski definition) is 6. The fourth-order valence-corrected chi connectivity index (χ4v) is 5.43. The lowest BCUT2D eigenvalue weighted by Crippen LogP contribution is -2.14. The van der Waals surface area contributed by atoms with Gasteiger partial charge in [-0.1, -0.05) is 12.1 Å². The fraction of sp³-hybridized carbons (Fsp3) is 0.250. The molecular formula is C20H19NO4S2. The van der Waals surface area contributed by atoms with Gasteiger partial charge >= 0.3 is 5.97 Å². The van der Waals surface area contributed by atoms with E-state index in [1.165, 1.54) is 12.5 Å². The highest BCUT2D eigenvalue weighted by molar-refractivity contribution is 8.19. The van der Waals surface area contributed by atoms with Crippen LogP contribution in [0.4, 0.5) is 5.69 Å². The molecule has 0 unspecified atom stereocenters. The number of anilines is 1. The van der Waals surface area contributed by atoms with E-state index >= 15 is 0 Å². The number of carbonyl (C=O) groups is 3. The molecule has 140 valence electrons. The van der Waals surface area contributed by atoms with Gasteiger partial charge in [-0.2, -0.15) is 0 Å². The zero-order chi connectivity index (χ0) is 19.2. The van der Waals surface area contributed by atoms with Crippen LogP contribution in [0.25, 0.3) is 0 Å². The molecule has 5 nitrogen and oxygen atoms in total. The number of ketones is 1. The number of benzene rings is 2. The summed E-state index contributed by atoms with van der Waals surface area (Å²) in [7, 11) is 0. The first kappa shape index (κ1) is 19.5. The number of hydrogen-bond donors (Lipinski definition) is 1. The highest BCUT2D eigenvalue weighted by Gasteiger charge is 2.19. The van der Waals surface area contributed by atoms with Crippen LogP contribution in [-0.4, -0.2) is 35.8 Å². The van der Waals surface area contributed by atoms with Crippen molar-refractivity contribution >= 4 is 46.9 Å². The van der Waals surface area contributed by atoms with Gasteiger partial charge in [0.05, 0.1) is 10.1 Å². The van der Waals surface area contributed by atoms with E-state index in [1.54, 1.807) is 36.4 Å². The topological polar surface area (TPSA) is 72.5 Å². The van der Waals surface area contributed by atoms with Crippen molar-refractivity contribution < 1.29 is 19.1 Å². The number of amides is 1. The SMILES string of the molecule is CC(=O)Nc1ccc(C(=O)COC(=O)c2ccc(C3SCCS3)cc2)cc1. The van der Waals surface area contributed by atoms with Gasteiger partial charge in [0, 0.05) is 29.7 Å². The third-order valence-electron chi connectivity index (χ3n) is 3.90. The number of esters is 1. The second-order valence-corrected chi connectivity index (χ2v) is 8.68. The summed E-state index contributed by atoms with van der Waals surface area (Å²) in [6, 6.07) is 13.8. The first-order chi connectivity index (χ1) is 13.0. The van der Waals surface area contributed by atoms with Gasteiger partial charge in [0.25, 0.3) is 0 Å². The molecule has 1 saturated heterocycles. The quantitative estimate of drug-likeness (QED) is 0.579. The van der Waals surface area contributed by atoms with Crippen molar-refractivity contribution in [2.24, 2.45) is 0 Å². The Balaban J connectivity index is 1.53. The van der Waals surface area contributed by atoms with Gasteiger partial charge in [0.2, 0.25) is 5.91 Å². The molecule has 7 heteroatoms. The average Bonchev–Trinajstić information content (AvgIpc) is 3.21. The van der Waals surface area contributed by atoms with E-state index in [2.05, 4.69) is 5.32 Å². The molecule has 2 aromatic rings. The minimum atomic E-state index is -0.517. The van der Waals surface area contributed by atoms with Crippen molar-refractivity contribution in [3.63, 3.8) is 0 Å². The van der Waals surface area contributed by atoms with Crippen LogP contribution in [0.5, 0.6) is 0 Å². The molecule has 1 fully saturated rings. The van der Waals surface area contributed by atoms with Crippen molar-refractivity contribution in [3.05, 3.63) is 65.2 Å². The second kappa shape index (κ2) is 9.10. The number of nitrogens with one attached hydrogen (secondary N) is 1. The molecule has 1 aliphatic rings. The second-order valence-electron chi connectivity index (χ2n) is 5.95. The van der Waals surface area contributed by atoms with Crippen LogP contribution in [0.2, 0.25) is 0 Å². The first-order valence-corrected chi connectivity index (χ1v) is 10.5. The van der Waals surface area contributed by atoms with E-state index in [-0.39, 0.29) is 18.3 Å². The number of ether oxygens (including phenoxy) is 1. The van der Waals surface area contributed by atoms with Gasteiger partial charge in [-0.25, -0.2) is 4.79 Å². The molecule has 1 N–H and O–H groups in total. The summed E-state index contributed by atoms with van der Waals surface area (Å²) in [6.45, 7) is 1.09. The molecular weight excluding hydrogens is 382 g/mol. The van der Waals surface area contributed by atoms with Crippen LogP contribution in [0.3, 0.4) is 0 Å². The Kier molecular flexibility index (Phi) is 6.58. The maximum Gasteiger partial charge on any atom is 0.338 e. The number of thioether (sulfide) groups is 2. The van der Waals surface area contributed by atoms with Gasteiger partial charge in [0.1, 0.15) is 0 Å². The van der Waals surface area contributed by atoms with Crippen molar-refractivity contribution in [2.45, 2.75) is 11.5 Å². The van der Waals surface area contributed by atoms with Gasteiger partial charge in [0.15, 0.2) is 12.4 Å². The Hall–Kier alpha value is -2.25. The highest BCUT2D eigenvalue weighted by atomic mass is 32.2. The maximum absolute atomic E-state index is 12.2. The van der Waals surface area contributed by atoms with Gasteiger partial charge < -0.3 is 10.1 Å². The van der Waals surface area contributed by atoms with Crippen LogP contribution in [-0.2, 0) is 9.53 Å². The molecule has 0 atom stereocenters. The van der Waals surface area contributed by atoms with Crippen LogP contribution < -0.4 is 5.32 Å². The van der Waals surface area contributed by atoms with E-state index in [9.17, 15) is 14.4 Å². The monoisotopic (exact) mass is 401 g/mol. The number of Topliss-reactive ketones (excluding diaryl/α,β-unsaturated/α-hetero) is 1. The molecule has 1 aliphatic heterocycles. The Morgan fingerprint density at radius 3 is 2.15 bits per heavy atom. The Bertz CT molecular complexity index is 828. The summed E-state index contributed by atoms with van der Waals surface area (Å²) in [5.74, 6) is 1.30. The minimum Gasteiger partial charge on any atom is -0.454 e. The van der Waals surface area contributed by atoms with E-state index in [0.717, 1.165) is 11.5 Å². The number of carbonyl (C=O) groups excluding carboxylic acids is 3. The van der Waals surface area contributed by atoms with Crippen molar-refractivity contribution in [3.8, 4) is 0 Å². The Labute approximate surface area is 166 Å². The van der Waals surface area contributed by atoms with Gasteiger partial charge in [-0.3, -0.25) is 9.59 Å². The lowest BCUT2D eigenvalue weighted by atomic mass is 10.1. The number of rotatable bonds is 6. The van der Waals surface area contributed by atoms with Crippen LogP contribution in [0.15, 0.2) is 48.5 Å². The summed E-state index contributed by atoms with van der Waals surface area (Å²) in [6.07, 6.45) is 0. The molecule has 0 bridgehead atoms. The highest BCUT2D eigenvalue weighted by Crippen LogP contribution is 2.45. The van der Waals surface area contributed by atoms with Crippen LogP contribution in [0.1, 0.15) is 37.8 Å². The first-order valence-electron chi connectivity index (χ1n) is 8.44. The van der Waals surface area contributed by atoms with Crippen LogP contribution in [0, 0.1) is 0 Å². The molecule has 0 radical (unpaired) electrons. The normalized spacial score (nSPS) is 14.0. The summed E-state index contributed by atoms with van der Waals surface area (Å²) in [5, 5.41) is 2.63. The lowest BCUT2D eigenvalue weighted by molar-refractivity contribution is -0.114. The third-order valence-corrected chi connectivity index (χ3v) is 7.01. The fourth-order valence-electron chi connectivity index (χ4n) is 2.57. The molecule has 1 heterocycles. The molecule has 0 saturated carbocycles. The predicted octanol–water partition coefficient (Wildman–Crippen LogP) is 4.16. The van der Waals surface area contributed by atoms with Gasteiger partial charge in [-0.15, -0.1) is 23.5 Å². The Morgan fingerprint density at radius 2 is 1.56 bits per heavy atom.